The molecule has 4 heteroatoms. The van der Waals surface area contributed by atoms with Crippen molar-refractivity contribution in [3.8, 4) is 0 Å². The van der Waals surface area contributed by atoms with E-state index in [0.29, 0.717) is 36.2 Å². The van der Waals surface area contributed by atoms with Gasteiger partial charge in [-0.15, -0.1) is 0 Å². The van der Waals surface area contributed by atoms with Crippen LogP contribution in [0.5, 0.6) is 0 Å². The van der Waals surface area contributed by atoms with Gasteiger partial charge in [0, 0.05) is 23.0 Å². The molecule has 0 aromatic carbocycles. The Kier molecular flexibility index (Phi) is 5.43. The monoisotopic (exact) mass is 306 g/mol. The molecule has 0 unspecified atom stereocenters. The first-order valence-corrected chi connectivity index (χ1v) is 8.05. The van der Waals surface area contributed by atoms with Gasteiger partial charge in [0.05, 0.1) is 13.2 Å². The van der Waals surface area contributed by atoms with Crippen molar-refractivity contribution in [3.63, 3.8) is 0 Å². The molecule has 0 N–H and O–H groups in total. The van der Waals surface area contributed by atoms with Crippen LogP contribution in [0.25, 0.3) is 0 Å². The lowest BCUT2D eigenvalue weighted by molar-refractivity contribution is -0.151. The maximum Gasteiger partial charge on any atom is 0.333 e. The van der Waals surface area contributed by atoms with Crippen LogP contribution in [0.4, 0.5) is 0 Å². The highest BCUT2D eigenvalue weighted by atomic mass is 16.5. The molecule has 0 amide bonds. The topological polar surface area (TPSA) is 52.6 Å². The molecule has 0 aromatic heterocycles. The number of hydrogen-bond acceptors (Lipinski definition) is 4. The quantitative estimate of drug-likeness (QED) is 0.558. The van der Waals surface area contributed by atoms with E-state index in [2.05, 4.69) is 13.2 Å². The Hall–Kier alpha value is -1.58. The summed E-state index contributed by atoms with van der Waals surface area (Å²) in [5.74, 6) is 1.04. The Morgan fingerprint density at radius 1 is 0.818 bits per heavy atom. The molecule has 4 nitrogen and oxygen atoms in total. The van der Waals surface area contributed by atoms with E-state index >= 15 is 0 Å². The number of hydrogen-bond donors (Lipinski definition) is 0. The minimum absolute atomic E-state index is 0.286. The van der Waals surface area contributed by atoms with Crippen LogP contribution in [0, 0.1) is 23.7 Å². The van der Waals surface area contributed by atoms with Crippen molar-refractivity contribution in [1.82, 2.24) is 0 Å². The van der Waals surface area contributed by atoms with E-state index in [-0.39, 0.29) is 23.8 Å². The van der Waals surface area contributed by atoms with Crippen molar-refractivity contribution in [2.45, 2.75) is 39.5 Å². The third-order valence-electron chi connectivity index (χ3n) is 5.09. The molecule has 0 spiro atoms. The molecular weight excluding hydrogens is 280 g/mol. The summed E-state index contributed by atoms with van der Waals surface area (Å²) in [4.78, 5) is 23.3. The van der Waals surface area contributed by atoms with Gasteiger partial charge in [-0.3, -0.25) is 0 Å². The minimum Gasteiger partial charge on any atom is -0.462 e. The molecule has 0 heterocycles. The average molecular weight is 306 g/mol. The van der Waals surface area contributed by atoms with E-state index in [4.69, 9.17) is 9.47 Å². The van der Waals surface area contributed by atoms with E-state index in [0.717, 1.165) is 0 Å². The van der Waals surface area contributed by atoms with Crippen LogP contribution in [-0.4, -0.2) is 25.2 Å². The van der Waals surface area contributed by atoms with Crippen LogP contribution in [-0.2, 0) is 19.1 Å². The Morgan fingerprint density at radius 3 is 1.41 bits per heavy atom. The predicted molar refractivity (Wildman–Crippen MR) is 84.0 cm³/mol. The maximum atomic E-state index is 11.6. The smallest absolute Gasteiger partial charge is 0.333 e. The maximum absolute atomic E-state index is 11.6. The lowest BCUT2D eigenvalue weighted by Crippen LogP contribution is -2.45. The largest absolute Gasteiger partial charge is 0.462 e. The molecule has 3 fully saturated rings. The molecule has 0 radical (unpaired) electrons. The molecule has 3 rings (SSSR count). The van der Waals surface area contributed by atoms with Crippen LogP contribution in [0.3, 0.4) is 0 Å². The summed E-state index contributed by atoms with van der Waals surface area (Å²) in [6, 6.07) is 0. The Morgan fingerprint density at radius 2 is 1.14 bits per heavy atom. The zero-order valence-electron chi connectivity index (χ0n) is 13.6. The van der Waals surface area contributed by atoms with Crippen molar-refractivity contribution in [1.29, 1.82) is 0 Å². The van der Waals surface area contributed by atoms with Crippen LogP contribution < -0.4 is 0 Å². The number of carbonyl (C=O) groups excluding carboxylic acids is 2. The lowest BCUT2D eigenvalue weighted by Gasteiger charge is -2.48. The summed E-state index contributed by atoms with van der Waals surface area (Å²) in [5, 5.41) is 0. The number of rotatable bonds is 6. The van der Waals surface area contributed by atoms with Gasteiger partial charge in [-0.05, 0) is 51.4 Å². The van der Waals surface area contributed by atoms with E-state index in [9.17, 15) is 9.59 Å². The van der Waals surface area contributed by atoms with Gasteiger partial charge in [-0.25, -0.2) is 9.59 Å². The Bertz CT molecular complexity index is 427. The molecule has 122 valence electrons. The van der Waals surface area contributed by atoms with Gasteiger partial charge in [0.15, 0.2) is 0 Å². The number of ether oxygens (including phenoxy) is 2. The van der Waals surface area contributed by atoms with Gasteiger partial charge in [0.25, 0.3) is 0 Å². The molecular formula is C18H26O4. The highest BCUT2D eigenvalue weighted by molar-refractivity contribution is 5.87. The summed E-state index contributed by atoms with van der Waals surface area (Å²) in [6.45, 7) is 11.3. The normalized spacial score (nSPS) is 29.7. The van der Waals surface area contributed by atoms with Gasteiger partial charge in [-0.1, -0.05) is 13.2 Å². The van der Waals surface area contributed by atoms with Gasteiger partial charge in [-0.2, -0.15) is 0 Å². The highest BCUT2D eigenvalue weighted by Gasteiger charge is 2.44. The van der Waals surface area contributed by atoms with Crippen molar-refractivity contribution in [2.75, 3.05) is 13.2 Å². The van der Waals surface area contributed by atoms with Gasteiger partial charge in [0.1, 0.15) is 0 Å². The van der Waals surface area contributed by atoms with E-state index in [1.807, 2.05) is 0 Å². The SMILES string of the molecule is C=C(C)C(=O)OC[C@@H]1C2CCC(CC2)[C@H]1COC(=O)C(=C)C. The fourth-order valence-corrected chi connectivity index (χ4v) is 3.81. The second kappa shape index (κ2) is 7.12. The van der Waals surface area contributed by atoms with Crippen molar-refractivity contribution >= 4 is 11.9 Å². The van der Waals surface area contributed by atoms with Crippen LogP contribution in [0.2, 0.25) is 0 Å². The molecule has 3 saturated carbocycles. The second-order valence-corrected chi connectivity index (χ2v) is 6.76. The zero-order chi connectivity index (χ0) is 16.3. The van der Waals surface area contributed by atoms with Crippen LogP contribution in [0.1, 0.15) is 39.5 Å². The molecule has 0 aromatic rings. The minimum atomic E-state index is -0.334. The summed E-state index contributed by atoms with van der Waals surface area (Å²) < 4.78 is 10.8. The number of esters is 2. The molecule has 2 bridgehead atoms. The third-order valence-corrected chi connectivity index (χ3v) is 5.09. The van der Waals surface area contributed by atoms with Crippen LogP contribution in [0.15, 0.2) is 24.3 Å². The van der Waals surface area contributed by atoms with Gasteiger partial charge < -0.3 is 9.47 Å². The van der Waals surface area contributed by atoms with E-state index < -0.39 is 0 Å². The second-order valence-electron chi connectivity index (χ2n) is 6.76. The summed E-state index contributed by atoms with van der Waals surface area (Å²) >= 11 is 0. The lowest BCUT2D eigenvalue weighted by atomic mass is 9.59. The summed E-state index contributed by atoms with van der Waals surface area (Å²) in [6.07, 6.45) is 4.74. The highest BCUT2D eigenvalue weighted by Crippen LogP contribution is 2.49. The standard InChI is InChI=1S/C18H26O4/c1-11(2)17(19)21-9-15-13-5-7-14(8-6-13)16(15)10-22-18(20)12(3)4/h13-16H,1,3,5-10H2,2,4H3/t13?,14?,15-,16-/m1/s1. The van der Waals surface area contributed by atoms with Crippen molar-refractivity contribution in [2.24, 2.45) is 23.7 Å². The first kappa shape index (κ1) is 16.8. The molecule has 22 heavy (non-hydrogen) atoms. The Labute approximate surface area is 132 Å². The van der Waals surface area contributed by atoms with Gasteiger partial charge >= 0.3 is 11.9 Å². The first-order valence-electron chi connectivity index (χ1n) is 8.05. The Balaban J connectivity index is 1.97. The molecule has 0 saturated heterocycles. The number of carbonyl (C=O) groups is 2. The molecule has 2 atom stereocenters. The first-order chi connectivity index (χ1) is 10.4. The van der Waals surface area contributed by atoms with Crippen molar-refractivity contribution in [3.05, 3.63) is 24.3 Å². The van der Waals surface area contributed by atoms with Crippen molar-refractivity contribution < 1.29 is 19.1 Å². The van der Waals surface area contributed by atoms with E-state index in [1.165, 1.54) is 25.7 Å². The predicted octanol–water partition coefficient (Wildman–Crippen LogP) is 3.28. The summed E-state index contributed by atoms with van der Waals surface area (Å²) in [5.41, 5.74) is 0.845. The van der Waals surface area contributed by atoms with Gasteiger partial charge in [0.2, 0.25) is 0 Å². The zero-order valence-corrected chi connectivity index (χ0v) is 13.6. The fraction of sp³-hybridized carbons (Fsp3) is 0.667. The van der Waals surface area contributed by atoms with E-state index in [1.54, 1.807) is 13.8 Å². The molecule has 0 aliphatic heterocycles. The molecule has 3 aliphatic carbocycles. The average Bonchev–Trinajstić information content (AvgIpc) is 2.51. The third kappa shape index (κ3) is 3.79. The molecule has 3 aliphatic rings. The fourth-order valence-electron chi connectivity index (χ4n) is 3.81. The summed E-state index contributed by atoms with van der Waals surface area (Å²) in [7, 11) is 0. The van der Waals surface area contributed by atoms with Crippen LogP contribution >= 0.6 is 0 Å². The number of fused-ring (bicyclic) bond motifs is 3.